The molecule has 32 nitrogen and oxygen atoms in total. The van der Waals surface area contributed by atoms with Gasteiger partial charge in [-0.15, -0.1) is 0 Å². The average molecular weight is 1880 g/mol. The molecule has 12 atom stereocenters. The number of rotatable bonds is 66. The molecule has 6 aromatic carbocycles. The third kappa shape index (κ3) is 38.4. The molecule has 0 bridgehead atoms. The van der Waals surface area contributed by atoms with Gasteiger partial charge in [0, 0.05) is 84.7 Å². The van der Waals surface area contributed by atoms with Crippen molar-refractivity contribution in [3.63, 3.8) is 0 Å². The van der Waals surface area contributed by atoms with Crippen LogP contribution in [0.5, 0.6) is 0 Å². The molecule has 0 heterocycles. The highest BCUT2D eigenvalue weighted by molar-refractivity contribution is 5.94. The largest absolute Gasteiger partial charge is 0.370 e. The van der Waals surface area contributed by atoms with Crippen molar-refractivity contribution in [2.75, 3.05) is 78.5 Å². The normalized spacial score (nSPS) is 13.9. The van der Waals surface area contributed by atoms with Crippen LogP contribution in [0.15, 0.2) is 182 Å². The van der Waals surface area contributed by atoms with Crippen LogP contribution < -0.4 is 72.0 Å². The third-order valence-electron chi connectivity index (χ3n) is 25.2. The molecular formula is C104H155N19O13. The Bertz CT molecular complexity index is 4520. The van der Waals surface area contributed by atoms with Gasteiger partial charge in [-0.2, -0.15) is 0 Å². The van der Waals surface area contributed by atoms with Crippen molar-refractivity contribution in [2.45, 2.75) is 275 Å². The molecule has 0 fully saturated rings. The van der Waals surface area contributed by atoms with Crippen LogP contribution in [-0.4, -0.2) is 221 Å². The first kappa shape index (κ1) is 113. The van der Waals surface area contributed by atoms with E-state index in [-0.39, 0.29) is 135 Å². The van der Waals surface area contributed by atoms with Crippen molar-refractivity contribution >= 4 is 76.8 Å². The van der Waals surface area contributed by atoms with E-state index < -0.39 is 137 Å². The highest BCUT2D eigenvalue weighted by Crippen LogP contribution is 2.31. The molecule has 20 N–H and O–H groups in total. The zero-order valence-corrected chi connectivity index (χ0v) is 81.2. The smallest absolute Gasteiger partial charge is 0.245 e. The number of nitrogens with one attached hydrogen (secondary N) is 6. The van der Waals surface area contributed by atoms with Crippen LogP contribution in [0.3, 0.4) is 0 Å². The van der Waals surface area contributed by atoms with Crippen molar-refractivity contribution in [3.8, 4) is 0 Å². The van der Waals surface area contributed by atoms with Crippen LogP contribution in [-0.2, 0) is 62.3 Å². The van der Waals surface area contributed by atoms with E-state index in [1.165, 1.54) is 16.7 Å². The number of primary amides is 1. The van der Waals surface area contributed by atoms with E-state index in [0.717, 1.165) is 33.4 Å². The van der Waals surface area contributed by atoms with Gasteiger partial charge in [-0.05, 0) is 230 Å². The summed E-state index contributed by atoms with van der Waals surface area (Å²) >= 11 is 0. The van der Waals surface area contributed by atoms with Crippen LogP contribution in [0.4, 0.5) is 0 Å². The van der Waals surface area contributed by atoms with Gasteiger partial charge >= 0.3 is 0 Å². The zero-order chi connectivity index (χ0) is 99.3. The van der Waals surface area contributed by atoms with Crippen LogP contribution in [0.2, 0.25) is 0 Å². The summed E-state index contributed by atoms with van der Waals surface area (Å²) < 4.78 is 0. The Labute approximate surface area is 805 Å². The Kier molecular flexibility index (Phi) is 52.1. The Morgan fingerprint density at radius 2 is 0.375 bits per heavy atom. The summed E-state index contributed by atoms with van der Waals surface area (Å²) in [5.41, 5.74) is 46.1. The zero-order valence-electron chi connectivity index (χ0n) is 81.2. The van der Waals surface area contributed by atoms with E-state index in [4.69, 9.17) is 40.1 Å². The Morgan fingerprint density at radius 1 is 0.228 bits per heavy atom. The van der Waals surface area contributed by atoms with Gasteiger partial charge in [-0.3, -0.25) is 62.3 Å². The number of hydrogen-bond acceptors (Lipinski definition) is 19. The van der Waals surface area contributed by atoms with Gasteiger partial charge < -0.3 is 101 Å². The Hall–Kier alpha value is -11.8. The first-order chi connectivity index (χ1) is 65.5. The summed E-state index contributed by atoms with van der Waals surface area (Å²) in [4.78, 5) is 200. The minimum atomic E-state index is -1.18. The lowest BCUT2D eigenvalue weighted by Crippen LogP contribution is -2.53. The van der Waals surface area contributed by atoms with Crippen molar-refractivity contribution in [1.82, 2.24) is 61.3 Å². The third-order valence-corrected chi connectivity index (χ3v) is 25.2. The molecule has 32 heteroatoms. The molecule has 0 unspecified atom stereocenters. The molecule has 13 amide bonds. The monoisotopic (exact) mass is 1880 g/mol. The van der Waals surface area contributed by atoms with E-state index in [1.807, 2.05) is 224 Å². The van der Waals surface area contributed by atoms with E-state index in [0.29, 0.717) is 110 Å². The lowest BCUT2D eigenvalue weighted by Gasteiger charge is -2.35. The Morgan fingerprint density at radius 3 is 0.515 bits per heavy atom. The lowest BCUT2D eigenvalue weighted by molar-refractivity contribution is -0.142. The molecular weight excluding hydrogens is 1720 g/mol. The SMILES string of the molecule is CC(=O)N[C@@H](CCCCN)C(=O)N(CCC(=O)N[C@@H](CCCCN)C(=O)N(CCC(=O)N[C@@H](CCCCN)C(=O)N(CCC(=O)N[C@@H](CCCCN)C(=O)N(CCC(=O)N[C@@H](CCCCN)C(=O)N(CCC(=O)N[C@@H](CCCCN)C(=O)N(CCC(N)=O)[C@@H](C)c1ccccc1)[C@@H](C)c1ccccc1)[C@@H](C)c1ccccc1)[C@@H](C)c1ccccc1)[C@@H](C)c1ccccc1)[C@@H](C)c1ccccc1. The molecule has 0 radical (unpaired) electrons. The molecule has 0 aliphatic carbocycles. The van der Waals surface area contributed by atoms with E-state index in [9.17, 15) is 43.2 Å². The number of benzene rings is 6. The first-order valence-electron chi connectivity index (χ1n) is 48.9. The summed E-state index contributed by atoms with van der Waals surface area (Å²) in [7, 11) is 0. The van der Waals surface area contributed by atoms with Crippen molar-refractivity contribution < 1.29 is 62.3 Å². The van der Waals surface area contributed by atoms with Crippen LogP contribution >= 0.6 is 0 Å². The standard InChI is InChI=1S/C104H155N19O13/c1-74(81-38-14-8-15-39-81)118(68-56-93(111)125)100(132)88(51-27-33-63-106)113-95(127)58-70-120(76(3)83-42-18-10-19-43-83)102(134)90(53-29-35-65-108)115-97(129)60-72-122(78(5)85-46-22-12-23-47-85)104(136)92(55-31-37-67-110)117-98(130)61-73-123(79(6)86-48-24-13-25-49-86)103(135)91(54-30-36-66-109)116-96(128)59-71-121(77(4)84-44-20-11-21-45-84)101(133)89(52-28-34-64-107)114-94(126)57-69-119(75(2)82-40-16-9-17-41-82)99(131)87(112-80(7)124)50-26-32-62-105/h8-25,38-49,74-79,87-92H,26-37,50-73,105-110H2,1-7H3,(H2,111,125)(H,112,124)(H,113,127)(H,114,126)(H,115,129)(H,116,128)(H,117,130)/t74-,75-,76-,77-,78-,79-,87-,88-,89-,90-,91-,92-/m0/s1. The molecule has 744 valence electrons. The quantitative estimate of drug-likeness (QED) is 0.0158. The fourth-order valence-electron chi connectivity index (χ4n) is 17.1. The van der Waals surface area contributed by atoms with Gasteiger partial charge in [0.2, 0.25) is 76.8 Å². The molecule has 0 saturated heterocycles. The van der Waals surface area contributed by atoms with Crippen molar-refractivity contribution in [1.29, 1.82) is 0 Å². The van der Waals surface area contributed by atoms with Crippen LogP contribution in [0.25, 0.3) is 0 Å². The van der Waals surface area contributed by atoms with Gasteiger partial charge in [0.05, 0.1) is 36.3 Å². The van der Waals surface area contributed by atoms with E-state index >= 15 is 19.2 Å². The minimum absolute atomic E-state index is 0.00118. The van der Waals surface area contributed by atoms with Gasteiger partial charge in [0.1, 0.15) is 36.3 Å². The predicted molar refractivity (Wildman–Crippen MR) is 531 cm³/mol. The van der Waals surface area contributed by atoms with E-state index in [2.05, 4.69) is 31.9 Å². The molecule has 0 saturated carbocycles. The maximum absolute atomic E-state index is 15.7. The second-order valence-electron chi connectivity index (χ2n) is 35.2. The number of carbonyl (C=O) groups is 13. The summed E-state index contributed by atoms with van der Waals surface area (Å²) in [6.07, 6.45) is 5.72. The van der Waals surface area contributed by atoms with Crippen molar-refractivity contribution in [3.05, 3.63) is 215 Å². The molecule has 6 aromatic rings. The minimum Gasteiger partial charge on any atom is -0.370 e. The lowest BCUT2D eigenvalue weighted by atomic mass is 10.0. The number of carbonyl (C=O) groups excluding carboxylic acids is 13. The highest BCUT2D eigenvalue weighted by Gasteiger charge is 2.39. The van der Waals surface area contributed by atoms with Gasteiger partial charge in [-0.25, -0.2) is 0 Å². The summed E-state index contributed by atoms with van der Waals surface area (Å²) in [5.74, 6) is -6.52. The Balaban J connectivity index is 1.25. The van der Waals surface area contributed by atoms with Crippen LogP contribution in [0, 0.1) is 0 Å². The topological polar surface area (TPSA) is 496 Å². The second kappa shape index (κ2) is 62.8. The van der Waals surface area contributed by atoms with Crippen molar-refractivity contribution in [2.24, 2.45) is 40.1 Å². The predicted octanol–water partition coefficient (Wildman–Crippen LogP) is 9.05. The van der Waals surface area contributed by atoms with Gasteiger partial charge in [0.25, 0.3) is 0 Å². The summed E-state index contributed by atoms with van der Waals surface area (Å²) in [5, 5.41) is 17.9. The number of hydrogen-bond donors (Lipinski definition) is 13. The molecule has 136 heavy (non-hydrogen) atoms. The number of nitrogens with zero attached hydrogens (tertiary/aromatic N) is 6. The molecule has 0 aliphatic heterocycles. The number of nitrogens with two attached hydrogens (primary N) is 7. The maximum atomic E-state index is 15.7. The maximum Gasteiger partial charge on any atom is 0.245 e. The molecule has 0 aliphatic rings. The van der Waals surface area contributed by atoms with Gasteiger partial charge in [-0.1, -0.05) is 182 Å². The molecule has 6 rings (SSSR count). The van der Waals surface area contributed by atoms with Gasteiger partial charge in [0.15, 0.2) is 0 Å². The average Bonchev–Trinajstić information content (AvgIpc) is 0.864. The van der Waals surface area contributed by atoms with Crippen LogP contribution in [0.1, 0.15) is 272 Å². The molecule has 0 aromatic heterocycles. The fraction of sp³-hybridized carbons (Fsp3) is 0.529. The first-order valence-corrected chi connectivity index (χ1v) is 48.9. The highest BCUT2D eigenvalue weighted by atomic mass is 16.2. The van der Waals surface area contributed by atoms with E-state index in [1.54, 1.807) is 19.6 Å². The fourth-order valence-corrected chi connectivity index (χ4v) is 17.1. The summed E-state index contributed by atoms with van der Waals surface area (Å²) in [6.45, 7) is 13.6. The number of unbranched alkanes of at least 4 members (excludes halogenated alkanes) is 6. The number of amides is 13. The second-order valence-corrected chi connectivity index (χ2v) is 35.2. The summed E-state index contributed by atoms with van der Waals surface area (Å²) in [6, 6.07) is 45.3. The molecule has 0 spiro atoms.